The van der Waals surface area contributed by atoms with Crippen molar-refractivity contribution in [1.29, 1.82) is 0 Å². The number of rotatable bonds is 7. The fraction of sp³-hybridized carbons (Fsp3) is 0.217. The largest absolute Gasteiger partial charge is 0.451 e. The summed E-state index contributed by atoms with van der Waals surface area (Å²) in [6.45, 7) is 4.44. The van der Waals surface area contributed by atoms with Crippen LogP contribution in [0.4, 0.5) is 0 Å². The molecule has 2 heteroatoms. The molecule has 3 aromatic carbocycles. The Kier molecular flexibility index (Phi) is 5.73. The van der Waals surface area contributed by atoms with E-state index in [9.17, 15) is 0 Å². The monoisotopic (exact) mass is 332 g/mol. The van der Waals surface area contributed by atoms with Crippen molar-refractivity contribution in [2.45, 2.75) is 32.5 Å². The van der Waals surface area contributed by atoms with Gasteiger partial charge in [0.25, 0.3) is 6.29 Å². The van der Waals surface area contributed by atoms with E-state index in [1.807, 2.05) is 72.8 Å². The van der Waals surface area contributed by atoms with Crippen LogP contribution in [0.5, 0.6) is 11.5 Å². The average molecular weight is 332 g/mol. The van der Waals surface area contributed by atoms with E-state index in [2.05, 4.69) is 26.0 Å². The van der Waals surface area contributed by atoms with Crippen LogP contribution >= 0.6 is 0 Å². The Labute approximate surface area is 150 Å². The fourth-order valence-corrected chi connectivity index (χ4v) is 2.63. The van der Waals surface area contributed by atoms with Gasteiger partial charge in [0.2, 0.25) is 0 Å². The molecule has 0 aliphatic carbocycles. The summed E-state index contributed by atoms with van der Waals surface area (Å²) in [6, 6.07) is 28.1. The summed E-state index contributed by atoms with van der Waals surface area (Å²) in [5.41, 5.74) is 2.31. The van der Waals surface area contributed by atoms with Gasteiger partial charge < -0.3 is 9.47 Å². The van der Waals surface area contributed by atoms with Crippen molar-refractivity contribution < 1.29 is 9.47 Å². The zero-order chi connectivity index (χ0) is 17.5. The van der Waals surface area contributed by atoms with Crippen LogP contribution in [-0.2, 0) is 0 Å². The summed E-state index contributed by atoms with van der Waals surface area (Å²) in [5.74, 6) is 2.14. The Morgan fingerprint density at radius 3 is 1.72 bits per heavy atom. The highest BCUT2D eigenvalue weighted by molar-refractivity contribution is 5.30. The summed E-state index contributed by atoms with van der Waals surface area (Å²) in [4.78, 5) is 0. The van der Waals surface area contributed by atoms with Crippen LogP contribution in [0.3, 0.4) is 0 Å². The smallest absolute Gasteiger partial charge is 0.267 e. The summed E-state index contributed by atoms with van der Waals surface area (Å²) in [5, 5.41) is 0. The molecule has 0 amide bonds. The van der Waals surface area contributed by atoms with Gasteiger partial charge in [-0.25, -0.2) is 0 Å². The summed E-state index contributed by atoms with van der Waals surface area (Å²) < 4.78 is 12.2. The lowest BCUT2D eigenvalue weighted by Gasteiger charge is -2.21. The molecular formula is C23H24O2. The third kappa shape index (κ3) is 4.63. The van der Waals surface area contributed by atoms with Gasteiger partial charge in [0.05, 0.1) is 0 Å². The third-order valence-corrected chi connectivity index (χ3v) is 4.36. The van der Waals surface area contributed by atoms with Gasteiger partial charge in [-0.2, -0.15) is 0 Å². The topological polar surface area (TPSA) is 18.5 Å². The van der Waals surface area contributed by atoms with Crippen LogP contribution in [0.25, 0.3) is 0 Å². The maximum atomic E-state index is 6.15. The Bertz CT molecular complexity index is 751. The van der Waals surface area contributed by atoms with Crippen molar-refractivity contribution in [3.8, 4) is 11.5 Å². The molecule has 0 aliphatic rings. The van der Waals surface area contributed by atoms with Crippen molar-refractivity contribution in [3.05, 3.63) is 96.1 Å². The molecule has 2 atom stereocenters. The highest BCUT2D eigenvalue weighted by atomic mass is 16.7. The zero-order valence-corrected chi connectivity index (χ0v) is 14.8. The minimum Gasteiger partial charge on any atom is -0.451 e. The molecule has 128 valence electrons. The van der Waals surface area contributed by atoms with Crippen LogP contribution in [0.15, 0.2) is 84.9 Å². The predicted molar refractivity (Wildman–Crippen MR) is 102 cm³/mol. The average Bonchev–Trinajstić information content (AvgIpc) is 2.69. The normalized spacial score (nSPS) is 13.0. The van der Waals surface area contributed by atoms with Gasteiger partial charge >= 0.3 is 0 Å². The molecule has 0 saturated heterocycles. The fourth-order valence-electron chi connectivity index (χ4n) is 2.63. The van der Waals surface area contributed by atoms with Crippen molar-refractivity contribution >= 4 is 0 Å². The molecule has 25 heavy (non-hydrogen) atoms. The lowest BCUT2D eigenvalue weighted by Crippen LogP contribution is -2.15. The van der Waals surface area contributed by atoms with E-state index >= 15 is 0 Å². The van der Waals surface area contributed by atoms with Crippen molar-refractivity contribution in [2.24, 2.45) is 0 Å². The van der Waals surface area contributed by atoms with Crippen LogP contribution in [0.2, 0.25) is 0 Å². The van der Waals surface area contributed by atoms with Gasteiger partial charge in [0.15, 0.2) is 0 Å². The Hall–Kier alpha value is -2.74. The molecule has 2 unspecified atom stereocenters. The first-order valence-corrected chi connectivity index (χ1v) is 8.79. The van der Waals surface area contributed by atoms with Gasteiger partial charge in [-0.15, -0.1) is 0 Å². The van der Waals surface area contributed by atoms with E-state index < -0.39 is 6.29 Å². The molecule has 0 aromatic heterocycles. The molecule has 0 bridgehead atoms. The van der Waals surface area contributed by atoms with Gasteiger partial charge in [0.1, 0.15) is 11.5 Å². The van der Waals surface area contributed by atoms with Gasteiger partial charge in [-0.1, -0.05) is 74.5 Å². The number of ether oxygens (including phenoxy) is 2. The molecule has 3 aromatic rings. The van der Waals surface area contributed by atoms with E-state index in [4.69, 9.17) is 9.47 Å². The highest BCUT2D eigenvalue weighted by Gasteiger charge is 2.15. The van der Waals surface area contributed by atoms with Crippen molar-refractivity contribution in [3.63, 3.8) is 0 Å². The Morgan fingerprint density at radius 2 is 1.16 bits per heavy atom. The molecule has 0 aliphatic heterocycles. The molecule has 3 rings (SSSR count). The van der Waals surface area contributed by atoms with Crippen LogP contribution in [0, 0.1) is 0 Å². The molecule has 0 spiro atoms. The van der Waals surface area contributed by atoms with E-state index in [0.717, 1.165) is 23.5 Å². The second-order valence-electron chi connectivity index (χ2n) is 6.17. The number of hydrogen-bond donors (Lipinski definition) is 0. The number of benzene rings is 3. The Morgan fingerprint density at radius 1 is 0.640 bits per heavy atom. The van der Waals surface area contributed by atoms with Crippen LogP contribution in [0.1, 0.15) is 43.6 Å². The minimum atomic E-state index is -0.488. The molecule has 0 radical (unpaired) electrons. The van der Waals surface area contributed by atoms with Gasteiger partial charge in [-0.3, -0.25) is 0 Å². The lowest BCUT2D eigenvalue weighted by molar-refractivity contribution is 0.00380. The van der Waals surface area contributed by atoms with E-state index in [1.165, 1.54) is 5.56 Å². The second-order valence-corrected chi connectivity index (χ2v) is 6.17. The van der Waals surface area contributed by atoms with Crippen molar-refractivity contribution in [2.75, 3.05) is 0 Å². The molecule has 2 nitrogen and oxygen atoms in total. The zero-order valence-electron chi connectivity index (χ0n) is 14.8. The molecule has 0 heterocycles. The molecule has 0 fully saturated rings. The lowest BCUT2D eigenvalue weighted by atomic mass is 9.99. The first kappa shape index (κ1) is 17.1. The van der Waals surface area contributed by atoms with E-state index in [0.29, 0.717) is 5.92 Å². The van der Waals surface area contributed by atoms with Gasteiger partial charge in [-0.05, 0) is 42.2 Å². The minimum absolute atomic E-state index is 0.488. The van der Waals surface area contributed by atoms with Gasteiger partial charge in [0, 0.05) is 5.56 Å². The van der Waals surface area contributed by atoms with Crippen LogP contribution < -0.4 is 9.47 Å². The first-order valence-electron chi connectivity index (χ1n) is 8.79. The Balaban J connectivity index is 1.80. The van der Waals surface area contributed by atoms with Crippen LogP contribution in [-0.4, -0.2) is 0 Å². The number of para-hydroxylation sites is 1. The standard InChI is InChI=1S/C23H24O2/c1-3-18(2)19-14-16-22(17-15-19)25-23(20-10-6-4-7-11-20)24-21-12-8-5-9-13-21/h4-18,23H,3H2,1-2H3. The number of hydrogen-bond acceptors (Lipinski definition) is 2. The van der Waals surface area contributed by atoms with Crippen molar-refractivity contribution in [1.82, 2.24) is 0 Å². The van der Waals surface area contributed by atoms with E-state index in [-0.39, 0.29) is 0 Å². The molecule has 0 saturated carbocycles. The maximum Gasteiger partial charge on any atom is 0.267 e. The molecule has 0 N–H and O–H groups in total. The predicted octanol–water partition coefficient (Wildman–Crippen LogP) is 6.36. The maximum absolute atomic E-state index is 6.15. The SMILES string of the molecule is CCC(C)c1ccc(OC(Oc2ccccc2)c2ccccc2)cc1. The van der Waals surface area contributed by atoms with E-state index in [1.54, 1.807) is 0 Å². The summed E-state index contributed by atoms with van der Waals surface area (Å²) >= 11 is 0. The highest BCUT2D eigenvalue weighted by Crippen LogP contribution is 2.27. The first-order chi connectivity index (χ1) is 12.3. The summed E-state index contributed by atoms with van der Waals surface area (Å²) in [7, 11) is 0. The summed E-state index contributed by atoms with van der Waals surface area (Å²) in [6.07, 6.45) is 0.641. The quantitative estimate of drug-likeness (QED) is 0.469. The molecular weight excluding hydrogens is 308 g/mol. The second kappa shape index (κ2) is 8.39. The third-order valence-electron chi connectivity index (χ3n) is 4.36.